The molecule has 0 unspecified atom stereocenters. The second-order valence-electron chi connectivity index (χ2n) is 6.03. The fourth-order valence-electron chi connectivity index (χ4n) is 2.54. The Morgan fingerprint density at radius 1 is 1.00 bits per heavy atom. The number of rotatable bonds is 5. The molecule has 118 valence electrons. The van der Waals surface area contributed by atoms with Crippen molar-refractivity contribution >= 4 is 11.8 Å². The molecule has 0 radical (unpaired) electrons. The Morgan fingerprint density at radius 3 is 2.35 bits per heavy atom. The first kappa shape index (κ1) is 15.9. The van der Waals surface area contributed by atoms with Gasteiger partial charge in [-0.3, -0.25) is 0 Å². The largest absolute Gasteiger partial charge is 0.314 e. The number of nitrogens with zero attached hydrogens (tertiary/aromatic N) is 2. The maximum atomic E-state index is 4.68. The van der Waals surface area contributed by atoms with E-state index in [1.54, 1.807) is 0 Å². The maximum Gasteiger partial charge on any atom is 0.169 e. The molecular formula is C20H22N2S. The Hall–Kier alpha value is -2.00. The highest BCUT2D eigenvalue weighted by molar-refractivity contribution is 7.99. The van der Waals surface area contributed by atoms with Gasteiger partial charge in [0, 0.05) is 5.25 Å². The highest BCUT2D eigenvalue weighted by Crippen LogP contribution is 2.29. The van der Waals surface area contributed by atoms with Crippen LogP contribution >= 0.6 is 11.8 Å². The SMILES string of the molecule is Cc1ccc(-c2cnc(SC(C)C)n2Cc2ccccc2)cc1. The minimum Gasteiger partial charge on any atom is -0.314 e. The molecule has 0 N–H and O–H groups in total. The molecule has 2 aromatic carbocycles. The standard InChI is InChI=1S/C20H22N2S/c1-15(2)23-20-21-13-19(18-11-9-16(3)10-12-18)22(20)14-17-7-5-4-6-8-17/h4-13,15H,14H2,1-3H3. The van der Waals surface area contributed by atoms with Gasteiger partial charge in [-0.15, -0.1) is 0 Å². The van der Waals surface area contributed by atoms with Gasteiger partial charge in [0.15, 0.2) is 5.16 Å². The average molecular weight is 322 g/mol. The minimum absolute atomic E-state index is 0.512. The zero-order valence-corrected chi connectivity index (χ0v) is 14.7. The van der Waals surface area contributed by atoms with Crippen molar-refractivity contribution in [2.75, 3.05) is 0 Å². The van der Waals surface area contributed by atoms with Crippen LogP contribution in [0.5, 0.6) is 0 Å². The van der Waals surface area contributed by atoms with Crippen LogP contribution in [-0.4, -0.2) is 14.8 Å². The zero-order chi connectivity index (χ0) is 16.2. The monoisotopic (exact) mass is 322 g/mol. The summed E-state index contributed by atoms with van der Waals surface area (Å²) in [7, 11) is 0. The van der Waals surface area contributed by atoms with E-state index < -0.39 is 0 Å². The summed E-state index contributed by atoms with van der Waals surface area (Å²) in [6.45, 7) is 7.37. The first-order chi connectivity index (χ1) is 11.1. The molecule has 0 saturated carbocycles. The molecular weight excluding hydrogens is 300 g/mol. The lowest BCUT2D eigenvalue weighted by Gasteiger charge is -2.13. The summed E-state index contributed by atoms with van der Waals surface area (Å²) in [4.78, 5) is 4.68. The van der Waals surface area contributed by atoms with Crippen LogP contribution in [-0.2, 0) is 6.54 Å². The smallest absolute Gasteiger partial charge is 0.169 e. The maximum absolute atomic E-state index is 4.68. The molecule has 3 rings (SSSR count). The van der Waals surface area contributed by atoms with Crippen molar-refractivity contribution in [3.8, 4) is 11.3 Å². The third-order valence-corrected chi connectivity index (χ3v) is 4.70. The molecule has 23 heavy (non-hydrogen) atoms. The van der Waals surface area contributed by atoms with Gasteiger partial charge in [0.25, 0.3) is 0 Å². The molecule has 0 aliphatic carbocycles. The molecule has 3 aromatic rings. The van der Waals surface area contributed by atoms with Crippen molar-refractivity contribution in [2.45, 2.75) is 37.7 Å². The molecule has 0 aliphatic heterocycles. The van der Waals surface area contributed by atoms with Crippen LogP contribution < -0.4 is 0 Å². The quantitative estimate of drug-likeness (QED) is 0.585. The summed E-state index contributed by atoms with van der Waals surface area (Å²) in [6, 6.07) is 19.2. The number of benzene rings is 2. The van der Waals surface area contributed by atoms with Crippen molar-refractivity contribution in [2.24, 2.45) is 0 Å². The van der Waals surface area contributed by atoms with Crippen molar-refractivity contribution in [3.05, 3.63) is 71.9 Å². The van der Waals surface area contributed by atoms with Gasteiger partial charge in [0.2, 0.25) is 0 Å². The van der Waals surface area contributed by atoms with Gasteiger partial charge in [0.05, 0.1) is 18.4 Å². The molecule has 0 saturated heterocycles. The molecule has 0 aliphatic rings. The van der Waals surface area contributed by atoms with Crippen LogP contribution in [0.4, 0.5) is 0 Å². The number of hydrogen-bond acceptors (Lipinski definition) is 2. The normalized spacial score (nSPS) is 11.1. The fourth-order valence-corrected chi connectivity index (χ4v) is 3.36. The van der Waals surface area contributed by atoms with E-state index in [1.165, 1.54) is 22.4 Å². The van der Waals surface area contributed by atoms with Crippen molar-refractivity contribution < 1.29 is 0 Å². The topological polar surface area (TPSA) is 17.8 Å². The predicted molar refractivity (Wildman–Crippen MR) is 98.9 cm³/mol. The first-order valence-electron chi connectivity index (χ1n) is 7.96. The molecule has 0 bridgehead atoms. The Bertz CT molecular complexity index is 758. The van der Waals surface area contributed by atoms with E-state index in [9.17, 15) is 0 Å². The summed E-state index contributed by atoms with van der Waals surface area (Å²) in [5.41, 5.74) is 4.97. The Labute approximate surface area is 142 Å². The van der Waals surface area contributed by atoms with Gasteiger partial charge in [-0.05, 0) is 18.1 Å². The van der Waals surface area contributed by atoms with E-state index in [1.807, 2.05) is 18.0 Å². The number of aryl methyl sites for hydroxylation is 1. The molecule has 1 heterocycles. The lowest BCUT2D eigenvalue weighted by Crippen LogP contribution is -2.05. The third kappa shape index (κ3) is 3.85. The van der Waals surface area contributed by atoms with Crippen molar-refractivity contribution in [1.82, 2.24) is 9.55 Å². The number of hydrogen-bond donors (Lipinski definition) is 0. The second kappa shape index (κ2) is 7.05. The highest BCUT2D eigenvalue weighted by Gasteiger charge is 2.14. The minimum atomic E-state index is 0.512. The Morgan fingerprint density at radius 2 is 1.70 bits per heavy atom. The van der Waals surface area contributed by atoms with E-state index in [0.717, 1.165) is 11.7 Å². The van der Waals surface area contributed by atoms with Crippen molar-refractivity contribution in [1.29, 1.82) is 0 Å². The van der Waals surface area contributed by atoms with Gasteiger partial charge < -0.3 is 4.57 Å². The van der Waals surface area contributed by atoms with Gasteiger partial charge >= 0.3 is 0 Å². The lowest BCUT2D eigenvalue weighted by molar-refractivity contribution is 0.713. The van der Waals surface area contributed by atoms with Gasteiger partial charge in [-0.2, -0.15) is 0 Å². The van der Waals surface area contributed by atoms with Crippen LogP contribution in [0.15, 0.2) is 66.0 Å². The summed E-state index contributed by atoms with van der Waals surface area (Å²) in [5, 5.41) is 1.59. The highest BCUT2D eigenvalue weighted by atomic mass is 32.2. The van der Waals surface area contributed by atoms with Crippen LogP contribution in [0.1, 0.15) is 25.0 Å². The first-order valence-corrected chi connectivity index (χ1v) is 8.84. The summed E-state index contributed by atoms with van der Waals surface area (Å²) in [6.07, 6.45) is 2.00. The number of aromatic nitrogens is 2. The van der Waals surface area contributed by atoms with E-state index in [2.05, 4.69) is 84.9 Å². The molecule has 0 fully saturated rings. The van der Waals surface area contributed by atoms with Crippen LogP contribution in [0.2, 0.25) is 0 Å². The molecule has 0 spiro atoms. The second-order valence-corrected chi connectivity index (χ2v) is 7.57. The van der Waals surface area contributed by atoms with E-state index >= 15 is 0 Å². The number of imidazole rings is 1. The Balaban J connectivity index is 2.02. The van der Waals surface area contributed by atoms with E-state index in [-0.39, 0.29) is 0 Å². The van der Waals surface area contributed by atoms with Crippen LogP contribution in [0.25, 0.3) is 11.3 Å². The molecule has 3 heteroatoms. The predicted octanol–water partition coefficient (Wildman–Crippen LogP) is 5.41. The van der Waals surface area contributed by atoms with E-state index in [0.29, 0.717) is 5.25 Å². The van der Waals surface area contributed by atoms with Gasteiger partial charge in [-0.1, -0.05) is 85.8 Å². The summed E-state index contributed by atoms with van der Waals surface area (Å²) in [5.74, 6) is 0. The molecule has 2 nitrogen and oxygen atoms in total. The van der Waals surface area contributed by atoms with E-state index in [4.69, 9.17) is 0 Å². The zero-order valence-electron chi connectivity index (χ0n) is 13.9. The Kier molecular flexibility index (Phi) is 4.87. The number of thioether (sulfide) groups is 1. The summed E-state index contributed by atoms with van der Waals surface area (Å²) >= 11 is 1.81. The van der Waals surface area contributed by atoms with Crippen LogP contribution in [0.3, 0.4) is 0 Å². The molecule has 1 aromatic heterocycles. The average Bonchev–Trinajstić information content (AvgIpc) is 2.91. The van der Waals surface area contributed by atoms with Gasteiger partial charge in [-0.25, -0.2) is 4.98 Å². The fraction of sp³-hybridized carbons (Fsp3) is 0.250. The molecule has 0 amide bonds. The van der Waals surface area contributed by atoms with Crippen molar-refractivity contribution in [3.63, 3.8) is 0 Å². The third-order valence-electron chi connectivity index (χ3n) is 3.69. The van der Waals surface area contributed by atoms with Crippen LogP contribution in [0, 0.1) is 6.92 Å². The summed E-state index contributed by atoms with van der Waals surface area (Å²) < 4.78 is 2.32. The molecule has 0 atom stereocenters. The lowest BCUT2D eigenvalue weighted by atomic mass is 10.1. The van der Waals surface area contributed by atoms with Gasteiger partial charge in [0.1, 0.15) is 0 Å².